The molecule has 0 spiro atoms. The molecule has 170 valence electrons. The van der Waals surface area contributed by atoms with Crippen LogP contribution in [-0.2, 0) is 29.1 Å². The van der Waals surface area contributed by atoms with Crippen LogP contribution in [0.25, 0.3) is 0 Å². The monoisotopic (exact) mass is 444 g/mol. The normalized spacial score (nSPS) is 15.3. The van der Waals surface area contributed by atoms with E-state index in [4.69, 9.17) is 9.47 Å². The Hall–Kier alpha value is -3.80. The summed E-state index contributed by atoms with van der Waals surface area (Å²) in [6.45, 7) is 2.78. The zero-order chi connectivity index (χ0) is 23.2. The van der Waals surface area contributed by atoms with E-state index in [1.807, 2.05) is 79.7 Å². The quantitative estimate of drug-likeness (QED) is 0.579. The molecule has 1 N–H and O–H groups in total. The molecule has 6 heteroatoms. The molecule has 0 radical (unpaired) electrons. The lowest BCUT2D eigenvalue weighted by Gasteiger charge is -2.23. The third-order valence-electron chi connectivity index (χ3n) is 5.65. The number of fused-ring (bicyclic) bond motifs is 1. The first-order chi connectivity index (χ1) is 16.1. The van der Waals surface area contributed by atoms with Crippen molar-refractivity contribution in [3.05, 3.63) is 89.5 Å². The van der Waals surface area contributed by atoms with Crippen LogP contribution in [0.2, 0.25) is 0 Å². The molecular formula is C27H28N2O4. The number of anilines is 1. The first kappa shape index (κ1) is 22.4. The van der Waals surface area contributed by atoms with Crippen LogP contribution in [0.3, 0.4) is 0 Å². The Morgan fingerprint density at radius 3 is 2.61 bits per heavy atom. The maximum Gasteiger partial charge on any atom is 0.264 e. The van der Waals surface area contributed by atoms with E-state index in [1.165, 1.54) is 0 Å². The third kappa shape index (κ3) is 5.52. The van der Waals surface area contributed by atoms with Gasteiger partial charge in [-0.15, -0.1) is 0 Å². The van der Waals surface area contributed by atoms with Crippen molar-refractivity contribution in [3.63, 3.8) is 0 Å². The smallest absolute Gasteiger partial charge is 0.264 e. The lowest BCUT2D eigenvalue weighted by Crippen LogP contribution is -2.38. The predicted molar refractivity (Wildman–Crippen MR) is 127 cm³/mol. The number of ether oxygens (including phenoxy) is 2. The van der Waals surface area contributed by atoms with Crippen LogP contribution in [0.5, 0.6) is 11.5 Å². The number of carbonyl (C=O) groups is 2. The lowest BCUT2D eigenvalue weighted by molar-refractivity contribution is -0.139. The number of nitrogens with one attached hydrogen (secondary N) is 1. The summed E-state index contributed by atoms with van der Waals surface area (Å²) in [5, 5.41) is 2.96. The molecule has 0 fully saturated rings. The summed E-state index contributed by atoms with van der Waals surface area (Å²) in [4.78, 5) is 27.5. The first-order valence-electron chi connectivity index (χ1n) is 11.1. The molecule has 1 heterocycles. The molecule has 0 aromatic heterocycles. The van der Waals surface area contributed by atoms with Gasteiger partial charge in [0, 0.05) is 24.3 Å². The minimum atomic E-state index is -0.546. The fraction of sp³-hybridized carbons (Fsp3) is 0.259. The predicted octanol–water partition coefficient (Wildman–Crippen LogP) is 4.58. The molecule has 6 nitrogen and oxygen atoms in total. The molecule has 1 aliphatic rings. The Labute approximate surface area is 194 Å². The molecule has 33 heavy (non-hydrogen) atoms. The number of carbonyl (C=O) groups excluding carboxylic acids is 2. The second-order valence-electron chi connectivity index (χ2n) is 8.09. The molecule has 1 aliphatic heterocycles. The topological polar surface area (TPSA) is 67.9 Å². The van der Waals surface area contributed by atoms with E-state index in [0.29, 0.717) is 37.4 Å². The molecule has 4 rings (SSSR count). The van der Waals surface area contributed by atoms with Gasteiger partial charge in [0.15, 0.2) is 6.10 Å². The average Bonchev–Trinajstić information content (AvgIpc) is 2.95. The fourth-order valence-electron chi connectivity index (χ4n) is 3.96. The number of amides is 2. The number of hydrogen-bond donors (Lipinski definition) is 1. The van der Waals surface area contributed by atoms with Gasteiger partial charge in [0.25, 0.3) is 5.91 Å². The Morgan fingerprint density at radius 1 is 1.06 bits per heavy atom. The molecule has 1 atom stereocenters. The average molecular weight is 445 g/mol. The molecule has 0 bridgehead atoms. The van der Waals surface area contributed by atoms with E-state index >= 15 is 0 Å². The van der Waals surface area contributed by atoms with Gasteiger partial charge in [0.2, 0.25) is 5.91 Å². The molecular weight excluding hydrogens is 416 g/mol. The van der Waals surface area contributed by atoms with Crippen molar-refractivity contribution >= 4 is 17.5 Å². The van der Waals surface area contributed by atoms with E-state index in [-0.39, 0.29) is 11.8 Å². The highest BCUT2D eigenvalue weighted by atomic mass is 16.5. The first-order valence-corrected chi connectivity index (χ1v) is 11.1. The van der Waals surface area contributed by atoms with Gasteiger partial charge in [-0.2, -0.15) is 0 Å². The largest absolute Gasteiger partial charge is 0.497 e. The van der Waals surface area contributed by atoms with Crippen LogP contribution in [0.15, 0.2) is 72.8 Å². The molecule has 0 saturated heterocycles. The molecule has 0 aliphatic carbocycles. The number of benzene rings is 3. The summed E-state index contributed by atoms with van der Waals surface area (Å²) in [5.74, 6) is 1.28. The van der Waals surface area contributed by atoms with E-state index in [2.05, 4.69) is 5.32 Å². The van der Waals surface area contributed by atoms with Crippen molar-refractivity contribution < 1.29 is 19.1 Å². The Morgan fingerprint density at radius 2 is 1.85 bits per heavy atom. The van der Waals surface area contributed by atoms with Gasteiger partial charge in [-0.1, -0.05) is 49.4 Å². The van der Waals surface area contributed by atoms with Crippen LogP contribution < -0.4 is 14.8 Å². The summed E-state index contributed by atoms with van der Waals surface area (Å²) in [5.41, 5.74) is 3.48. The second-order valence-corrected chi connectivity index (χ2v) is 8.09. The van der Waals surface area contributed by atoms with Crippen molar-refractivity contribution in [1.29, 1.82) is 0 Å². The standard InChI is InChI=1S/C27H28N2O4/c1-3-24-27(31)29(17-20-10-7-11-23(14-20)32-2)18-21-16-22(12-13-25(21)33-24)28-26(30)15-19-8-5-4-6-9-19/h4-14,16,24H,3,15,17-18H2,1-2H3,(H,28,30)/t24-/m1/s1. The number of hydrogen-bond acceptors (Lipinski definition) is 4. The number of nitrogens with zero attached hydrogens (tertiary/aromatic N) is 1. The molecule has 0 unspecified atom stereocenters. The van der Waals surface area contributed by atoms with E-state index in [0.717, 1.165) is 22.4 Å². The molecule has 3 aromatic carbocycles. The van der Waals surface area contributed by atoms with Gasteiger partial charge in [-0.3, -0.25) is 9.59 Å². The van der Waals surface area contributed by atoms with Crippen LogP contribution in [0.1, 0.15) is 30.0 Å². The van der Waals surface area contributed by atoms with Crippen LogP contribution in [0, 0.1) is 0 Å². The molecule has 0 saturated carbocycles. The molecule has 2 amide bonds. The van der Waals surface area contributed by atoms with Gasteiger partial charge >= 0.3 is 0 Å². The van der Waals surface area contributed by atoms with E-state index in [9.17, 15) is 9.59 Å². The van der Waals surface area contributed by atoms with Crippen molar-refractivity contribution in [3.8, 4) is 11.5 Å². The van der Waals surface area contributed by atoms with Crippen LogP contribution in [-0.4, -0.2) is 29.9 Å². The number of rotatable bonds is 7. The summed E-state index contributed by atoms with van der Waals surface area (Å²) in [7, 11) is 1.63. The Bertz CT molecular complexity index is 1130. The summed E-state index contributed by atoms with van der Waals surface area (Å²) in [6.07, 6.45) is 0.324. The van der Waals surface area contributed by atoms with Gasteiger partial charge in [-0.25, -0.2) is 0 Å². The highest BCUT2D eigenvalue weighted by Gasteiger charge is 2.30. The van der Waals surface area contributed by atoms with Crippen LogP contribution in [0.4, 0.5) is 5.69 Å². The zero-order valence-corrected chi connectivity index (χ0v) is 18.9. The lowest BCUT2D eigenvalue weighted by atomic mass is 10.1. The summed E-state index contributed by atoms with van der Waals surface area (Å²) in [6, 6.07) is 22.9. The number of methoxy groups -OCH3 is 1. The van der Waals surface area contributed by atoms with Gasteiger partial charge in [-0.05, 0) is 47.9 Å². The highest BCUT2D eigenvalue weighted by molar-refractivity contribution is 5.92. The Balaban J connectivity index is 1.54. The van der Waals surface area contributed by atoms with Crippen molar-refractivity contribution in [1.82, 2.24) is 4.90 Å². The van der Waals surface area contributed by atoms with Crippen LogP contribution >= 0.6 is 0 Å². The van der Waals surface area contributed by atoms with E-state index in [1.54, 1.807) is 12.0 Å². The Kier molecular flexibility index (Phi) is 6.93. The van der Waals surface area contributed by atoms with Crippen molar-refractivity contribution in [2.45, 2.75) is 39.0 Å². The summed E-state index contributed by atoms with van der Waals surface area (Å²) < 4.78 is 11.4. The fourth-order valence-corrected chi connectivity index (χ4v) is 3.96. The second kappa shape index (κ2) is 10.2. The van der Waals surface area contributed by atoms with E-state index < -0.39 is 6.10 Å². The van der Waals surface area contributed by atoms with Gasteiger partial charge < -0.3 is 19.7 Å². The van der Waals surface area contributed by atoms with Gasteiger partial charge in [0.05, 0.1) is 13.5 Å². The minimum absolute atomic E-state index is 0.0498. The third-order valence-corrected chi connectivity index (χ3v) is 5.65. The SMILES string of the molecule is CC[C@H]1Oc2ccc(NC(=O)Cc3ccccc3)cc2CN(Cc2cccc(OC)c2)C1=O. The van der Waals surface area contributed by atoms with Crippen molar-refractivity contribution in [2.24, 2.45) is 0 Å². The summed E-state index contributed by atoms with van der Waals surface area (Å²) >= 11 is 0. The van der Waals surface area contributed by atoms with Crippen molar-refractivity contribution in [2.75, 3.05) is 12.4 Å². The maximum atomic E-state index is 13.2. The van der Waals surface area contributed by atoms with Gasteiger partial charge in [0.1, 0.15) is 11.5 Å². The minimum Gasteiger partial charge on any atom is -0.497 e. The maximum absolute atomic E-state index is 13.2. The molecule has 3 aromatic rings. The zero-order valence-electron chi connectivity index (χ0n) is 18.9. The highest BCUT2D eigenvalue weighted by Crippen LogP contribution is 2.30.